The maximum Gasteiger partial charge on any atom is 0.0679 e. The van der Waals surface area contributed by atoms with E-state index in [2.05, 4.69) is 11.8 Å². The van der Waals surface area contributed by atoms with Gasteiger partial charge >= 0.3 is 0 Å². The normalized spacial score (nSPS) is 29.3. The van der Waals surface area contributed by atoms with Crippen molar-refractivity contribution in [3.05, 3.63) is 6.92 Å². The fourth-order valence-electron chi connectivity index (χ4n) is 1.24. The Kier molecular flexibility index (Phi) is 2.49. The third-order valence-corrected chi connectivity index (χ3v) is 1.72. The van der Waals surface area contributed by atoms with Gasteiger partial charge in [-0.25, -0.2) is 0 Å². The Morgan fingerprint density at radius 3 is 2.89 bits per heavy atom. The first-order chi connectivity index (χ1) is 4.33. The molecule has 2 heteroatoms. The fraction of sp³-hybridized carbons (Fsp3) is 0.857. The summed E-state index contributed by atoms with van der Waals surface area (Å²) in [6, 6.07) is 0. The number of aliphatic hydroxyl groups is 1. The summed E-state index contributed by atoms with van der Waals surface area (Å²) in [5, 5.41) is 9.06. The first-order valence-electron chi connectivity index (χ1n) is 3.52. The van der Waals surface area contributed by atoms with Gasteiger partial charge in [0.2, 0.25) is 0 Å². The van der Waals surface area contributed by atoms with Crippen LogP contribution in [-0.2, 0) is 0 Å². The van der Waals surface area contributed by atoms with E-state index in [0.29, 0.717) is 0 Å². The minimum absolute atomic E-state index is 0.0726. The molecule has 1 saturated heterocycles. The molecule has 1 fully saturated rings. The highest BCUT2D eigenvalue weighted by Crippen LogP contribution is 2.07. The molecule has 2 nitrogen and oxygen atoms in total. The Bertz CT molecular complexity index is 83.0. The molecule has 1 atom stereocenters. The molecule has 0 bridgehead atoms. The lowest BCUT2D eigenvalue weighted by atomic mass is 10.3. The molecule has 53 valence electrons. The molecule has 0 spiro atoms. The van der Waals surface area contributed by atoms with E-state index in [0.717, 1.165) is 32.5 Å². The van der Waals surface area contributed by atoms with E-state index in [9.17, 15) is 0 Å². The van der Waals surface area contributed by atoms with Gasteiger partial charge in [0.1, 0.15) is 0 Å². The van der Waals surface area contributed by atoms with E-state index in [1.807, 2.05) is 0 Å². The Hall–Kier alpha value is -0.0800. The van der Waals surface area contributed by atoms with E-state index in [-0.39, 0.29) is 6.10 Å². The summed E-state index contributed by atoms with van der Waals surface area (Å²) in [4.78, 5) is 2.25. The molecule has 0 aromatic rings. The molecule has 0 amide bonds. The fourth-order valence-corrected chi connectivity index (χ4v) is 1.24. The molecule has 0 aromatic heterocycles. The first-order valence-corrected chi connectivity index (χ1v) is 3.52. The molecule has 9 heavy (non-hydrogen) atoms. The zero-order chi connectivity index (χ0) is 6.69. The molecule has 1 aliphatic heterocycles. The van der Waals surface area contributed by atoms with Gasteiger partial charge in [0.15, 0.2) is 0 Å². The second-order valence-corrected chi connectivity index (χ2v) is 2.60. The van der Waals surface area contributed by atoms with Crippen molar-refractivity contribution in [2.75, 3.05) is 19.6 Å². The predicted octanol–water partition coefficient (Wildman–Crippen LogP) is 0.277. The van der Waals surface area contributed by atoms with Crippen LogP contribution in [-0.4, -0.2) is 35.7 Å². The molecule has 0 unspecified atom stereocenters. The van der Waals surface area contributed by atoms with E-state index >= 15 is 0 Å². The standard InChI is InChI=1S/C7H14NO/c1-2-4-8-5-3-7(9)6-8/h7,9H,1-6H2/t7-/m0/s1. The van der Waals surface area contributed by atoms with Gasteiger partial charge in [-0.15, -0.1) is 0 Å². The SMILES string of the molecule is [CH2]CCN1CC[C@H](O)C1. The van der Waals surface area contributed by atoms with Crippen LogP contribution in [0.4, 0.5) is 0 Å². The predicted molar refractivity (Wildman–Crippen MR) is 37.0 cm³/mol. The molecular formula is C7H14NO. The van der Waals surface area contributed by atoms with Crippen LogP contribution in [0.15, 0.2) is 0 Å². The van der Waals surface area contributed by atoms with E-state index in [1.165, 1.54) is 0 Å². The van der Waals surface area contributed by atoms with Crippen molar-refractivity contribution < 1.29 is 5.11 Å². The van der Waals surface area contributed by atoms with Crippen LogP contribution in [0.1, 0.15) is 12.8 Å². The summed E-state index contributed by atoms with van der Waals surface area (Å²) in [5.74, 6) is 0. The molecule has 0 saturated carbocycles. The van der Waals surface area contributed by atoms with Crippen molar-refractivity contribution >= 4 is 0 Å². The Morgan fingerprint density at radius 2 is 2.44 bits per heavy atom. The van der Waals surface area contributed by atoms with Crippen molar-refractivity contribution in [1.82, 2.24) is 4.90 Å². The highest BCUT2D eigenvalue weighted by Gasteiger charge is 2.18. The monoisotopic (exact) mass is 128 g/mol. The van der Waals surface area contributed by atoms with Gasteiger partial charge in [-0.3, -0.25) is 0 Å². The summed E-state index contributed by atoms with van der Waals surface area (Å²) in [7, 11) is 0. The smallest absolute Gasteiger partial charge is 0.0679 e. The van der Waals surface area contributed by atoms with Crippen LogP contribution in [0.3, 0.4) is 0 Å². The topological polar surface area (TPSA) is 23.5 Å². The summed E-state index contributed by atoms with van der Waals surface area (Å²) in [5.41, 5.74) is 0. The number of nitrogens with zero attached hydrogens (tertiary/aromatic N) is 1. The molecule has 0 aliphatic carbocycles. The van der Waals surface area contributed by atoms with Crippen molar-refractivity contribution in [2.24, 2.45) is 0 Å². The van der Waals surface area contributed by atoms with Crippen LogP contribution in [0.25, 0.3) is 0 Å². The van der Waals surface area contributed by atoms with Gasteiger partial charge in [-0.2, -0.15) is 0 Å². The molecule has 1 rings (SSSR count). The highest BCUT2D eigenvalue weighted by atomic mass is 16.3. The average molecular weight is 128 g/mol. The summed E-state index contributed by atoms with van der Waals surface area (Å²) >= 11 is 0. The van der Waals surface area contributed by atoms with Gasteiger partial charge < -0.3 is 10.0 Å². The minimum Gasteiger partial charge on any atom is -0.392 e. The Labute approximate surface area is 56.5 Å². The molecule has 0 aromatic carbocycles. The van der Waals surface area contributed by atoms with Crippen LogP contribution in [0.5, 0.6) is 0 Å². The summed E-state index contributed by atoms with van der Waals surface area (Å²) in [6.45, 7) is 6.70. The van der Waals surface area contributed by atoms with Crippen LogP contribution < -0.4 is 0 Å². The molecule has 1 heterocycles. The van der Waals surface area contributed by atoms with Gasteiger partial charge in [0.05, 0.1) is 6.10 Å². The van der Waals surface area contributed by atoms with Gasteiger partial charge in [-0.05, 0) is 19.4 Å². The summed E-state index contributed by atoms with van der Waals surface area (Å²) in [6.07, 6.45) is 1.82. The summed E-state index contributed by atoms with van der Waals surface area (Å²) < 4.78 is 0. The van der Waals surface area contributed by atoms with Gasteiger partial charge in [0.25, 0.3) is 0 Å². The lowest BCUT2D eigenvalue weighted by Crippen LogP contribution is -2.22. The quantitative estimate of drug-likeness (QED) is 0.577. The lowest BCUT2D eigenvalue weighted by Gasteiger charge is -2.11. The lowest BCUT2D eigenvalue weighted by molar-refractivity contribution is 0.177. The second-order valence-electron chi connectivity index (χ2n) is 2.60. The third kappa shape index (κ3) is 1.95. The number of hydrogen-bond acceptors (Lipinski definition) is 2. The largest absolute Gasteiger partial charge is 0.392 e. The molecule has 1 N–H and O–H groups in total. The number of hydrogen-bond donors (Lipinski definition) is 1. The van der Waals surface area contributed by atoms with Crippen molar-refractivity contribution in [3.8, 4) is 0 Å². The number of β-amino-alcohol motifs (C(OH)–C–C–N with tert-alkyl or cyclic N) is 1. The van der Waals surface area contributed by atoms with E-state index in [1.54, 1.807) is 0 Å². The van der Waals surface area contributed by atoms with Crippen molar-refractivity contribution in [3.63, 3.8) is 0 Å². The number of rotatable bonds is 2. The van der Waals surface area contributed by atoms with Gasteiger partial charge in [-0.1, -0.05) is 6.92 Å². The van der Waals surface area contributed by atoms with Crippen molar-refractivity contribution in [1.29, 1.82) is 0 Å². The highest BCUT2D eigenvalue weighted by molar-refractivity contribution is 4.73. The number of likely N-dealkylation sites (tertiary alicyclic amines) is 1. The van der Waals surface area contributed by atoms with Gasteiger partial charge in [0, 0.05) is 13.1 Å². The first kappa shape index (κ1) is 7.03. The third-order valence-electron chi connectivity index (χ3n) is 1.72. The van der Waals surface area contributed by atoms with Crippen LogP contribution in [0.2, 0.25) is 0 Å². The van der Waals surface area contributed by atoms with Crippen molar-refractivity contribution in [2.45, 2.75) is 18.9 Å². The van der Waals surface area contributed by atoms with E-state index in [4.69, 9.17) is 5.11 Å². The molecular weight excluding hydrogens is 114 g/mol. The zero-order valence-electron chi connectivity index (χ0n) is 5.71. The van der Waals surface area contributed by atoms with Crippen LogP contribution in [0, 0.1) is 6.92 Å². The Balaban J connectivity index is 2.14. The average Bonchev–Trinajstić information content (AvgIpc) is 2.17. The molecule has 1 radical (unpaired) electrons. The minimum atomic E-state index is -0.0726. The van der Waals surface area contributed by atoms with Crippen LogP contribution >= 0.6 is 0 Å². The zero-order valence-corrected chi connectivity index (χ0v) is 5.71. The molecule has 1 aliphatic rings. The number of aliphatic hydroxyl groups excluding tert-OH is 1. The maximum absolute atomic E-state index is 9.06. The second kappa shape index (κ2) is 3.18. The Morgan fingerprint density at radius 1 is 1.67 bits per heavy atom. The maximum atomic E-state index is 9.06. The van der Waals surface area contributed by atoms with E-state index < -0.39 is 0 Å².